The first-order valence-electron chi connectivity index (χ1n) is 13.1. The average Bonchev–Trinajstić information content (AvgIpc) is 3.20. The number of piperidine rings is 1. The number of carbonyl (C=O) groups excluding carboxylic acids is 2. The number of carbonyl (C=O) groups is 2. The van der Waals surface area contributed by atoms with Gasteiger partial charge in [0.15, 0.2) is 0 Å². The van der Waals surface area contributed by atoms with Gasteiger partial charge in [0, 0.05) is 25.1 Å². The lowest BCUT2D eigenvalue weighted by molar-refractivity contribution is -0.122. The zero-order valence-electron chi connectivity index (χ0n) is 20.0. The topological polar surface area (TPSA) is 95.1 Å². The molecular weight excluding hydrogens is 430 g/mol. The Morgan fingerprint density at radius 2 is 1.97 bits per heavy atom. The Morgan fingerprint density at radius 1 is 1.09 bits per heavy atom. The van der Waals surface area contributed by atoms with Crippen LogP contribution in [0.4, 0.5) is 5.69 Å². The molecule has 0 spiro atoms. The van der Waals surface area contributed by atoms with Crippen molar-refractivity contribution in [3.05, 3.63) is 23.8 Å². The first kappa shape index (κ1) is 23.1. The molecule has 3 aliphatic heterocycles. The maximum atomic E-state index is 12.3. The number of amides is 2. The van der Waals surface area contributed by atoms with Crippen molar-refractivity contribution in [1.29, 1.82) is 0 Å². The number of guanidine groups is 1. The molecule has 3 atom stereocenters. The monoisotopic (exact) mass is 467 g/mol. The van der Waals surface area contributed by atoms with Crippen molar-refractivity contribution in [2.75, 3.05) is 13.2 Å². The summed E-state index contributed by atoms with van der Waals surface area (Å²) in [5.41, 5.74) is 1.97. The van der Waals surface area contributed by atoms with Crippen LogP contribution in [-0.4, -0.2) is 48.0 Å². The highest BCUT2D eigenvalue weighted by Crippen LogP contribution is 2.32. The van der Waals surface area contributed by atoms with Gasteiger partial charge in [-0.05, 0) is 56.1 Å². The minimum absolute atomic E-state index is 0.0104. The minimum Gasteiger partial charge on any atom is -0.494 e. The van der Waals surface area contributed by atoms with Crippen LogP contribution in [0.25, 0.3) is 0 Å². The van der Waals surface area contributed by atoms with E-state index >= 15 is 0 Å². The summed E-state index contributed by atoms with van der Waals surface area (Å²) in [5, 5.41) is 9.67. The highest BCUT2D eigenvalue weighted by Gasteiger charge is 2.32. The second-order valence-electron chi connectivity index (χ2n) is 10.2. The minimum atomic E-state index is -0.0104. The summed E-state index contributed by atoms with van der Waals surface area (Å²) in [6.45, 7) is 1.72. The first-order valence-corrected chi connectivity index (χ1v) is 13.1. The quantitative estimate of drug-likeness (QED) is 0.484. The number of rotatable bonds is 9. The second-order valence-corrected chi connectivity index (χ2v) is 10.2. The van der Waals surface area contributed by atoms with Crippen molar-refractivity contribution in [3.8, 4) is 5.75 Å². The van der Waals surface area contributed by atoms with E-state index in [0.29, 0.717) is 38.1 Å². The smallest absolute Gasteiger partial charge is 0.246 e. The molecule has 1 aromatic rings. The molecular formula is C26H37N5O3. The van der Waals surface area contributed by atoms with Crippen molar-refractivity contribution < 1.29 is 14.3 Å². The number of hydrogen-bond acceptors (Lipinski definition) is 6. The van der Waals surface area contributed by atoms with Gasteiger partial charge in [-0.25, -0.2) is 4.99 Å². The summed E-state index contributed by atoms with van der Waals surface area (Å²) in [6, 6.07) is 6.56. The van der Waals surface area contributed by atoms with Gasteiger partial charge in [0.25, 0.3) is 0 Å². The van der Waals surface area contributed by atoms with E-state index in [1.54, 1.807) is 0 Å². The van der Waals surface area contributed by atoms with Crippen LogP contribution in [0.1, 0.15) is 76.2 Å². The fourth-order valence-electron chi connectivity index (χ4n) is 5.72. The zero-order chi connectivity index (χ0) is 23.3. The normalized spacial score (nSPS) is 25.5. The Morgan fingerprint density at radius 3 is 2.91 bits per heavy atom. The predicted octanol–water partition coefficient (Wildman–Crippen LogP) is 3.33. The zero-order valence-corrected chi connectivity index (χ0v) is 20.0. The van der Waals surface area contributed by atoms with E-state index in [9.17, 15) is 9.59 Å². The third-order valence-electron chi connectivity index (χ3n) is 7.58. The third kappa shape index (κ3) is 5.71. The molecule has 3 fully saturated rings. The Kier molecular flexibility index (Phi) is 7.33. The number of benzene rings is 1. The van der Waals surface area contributed by atoms with Gasteiger partial charge in [0.05, 0.1) is 18.5 Å². The number of fused-ring (bicyclic) bond motifs is 3. The number of ether oxygens (including phenoxy) is 1. The van der Waals surface area contributed by atoms with Crippen LogP contribution in [0.5, 0.6) is 5.75 Å². The lowest BCUT2D eigenvalue weighted by Gasteiger charge is -2.40. The van der Waals surface area contributed by atoms with E-state index in [0.717, 1.165) is 55.0 Å². The van der Waals surface area contributed by atoms with Gasteiger partial charge in [0.1, 0.15) is 12.3 Å². The van der Waals surface area contributed by atoms with Crippen LogP contribution >= 0.6 is 0 Å². The van der Waals surface area contributed by atoms with Gasteiger partial charge in [0.2, 0.25) is 17.8 Å². The number of nitrogens with zero attached hydrogens (tertiary/aromatic N) is 2. The SMILES string of the molecule is O=C1CN2Cc3ccc(OCCCCCCC(=O)NC4CCC5CCCCC5N4)cc3N=C2N1. The summed E-state index contributed by atoms with van der Waals surface area (Å²) in [7, 11) is 0. The summed E-state index contributed by atoms with van der Waals surface area (Å²) < 4.78 is 5.92. The molecule has 8 nitrogen and oxygen atoms in total. The summed E-state index contributed by atoms with van der Waals surface area (Å²) in [5.74, 6) is 2.43. The molecule has 1 aromatic carbocycles. The van der Waals surface area contributed by atoms with Gasteiger partial charge in [-0.1, -0.05) is 31.7 Å². The second kappa shape index (κ2) is 10.8. The largest absolute Gasteiger partial charge is 0.494 e. The van der Waals surface area contributed by atoms with Crippen LogP contribution in [-0.2, 0) is 16.1 Å². The van der Waals surface area contributed by atoms with Crippen molar-refractivity contribution in [2.45, 2.75) is 89.4 Å². The van der Waals surface area contributed by atoms with Crippen LogP contribution in [0.3, 0.4) is 0 Å². The number of aliphatic imine (C=N–C) groups is 1. The fraction of sp³-hybridized carbons (Fsp3) is 0.654. The van der Waals surface area contributed by atoms with Crippen molar-refractivity contribution >= 4 is 23.5 Å². The van der Waals surface area contributed by atoms with Crippen LogP contribution < -0.4 is 20.7 Å². The molecule has 184 valence electrons. The molecule has 3 unspecified atom stereocenters. The number of unbranched alkanes of at least 4 members (excludes halogenated alkanes) is 3. The highest BCUT2D eigenvalue weighted by molar-refractivity contribution is 6.05. The lowest BCUT2D eigenvalue weighted by atomic mass is 9.79. The molecule has 1 saturated carbocycles. The van der Waals surface area contributed by atoms with Crippen molar-refractivity contribution in [2.24, 2.45) is 10.9 Å². The van der Waals surface area contributed by atoms with Crippen LogP contribution in [0, 0.1) is 5.92 Å². The van der Waals surface area contributed by atoms with E-state index in [4.69, 9.17) is 4.74 Å². The van der Waals surface area contributed by atoms with E-state index in [2.05, 4.69) is 20.9 Å². The first-order chi connectivity index (χ1) is 16.6. The summed E-state index contributed by atoms with van der Waals surface area (Å²) in [4.78, 5) is 30.4. The maximum absolute atomic E-state index is 12.3. The Bertz CT molecular complexity index is 933. The Hall–Kier alpha value is -2.61. The summed E-state index contributed by atoms with van der Waals surface area (Å²) >= 11 is 0. The average molecular weight is 468 g/mol. The Balaban J connectivity index is 0.947. The maximum Gasteiger partial charge on any atom is 0.246 e. The molecule has 3 heterocycles. The van der Waals surface area contributed by atoms with Crippen molar-refractivity contribution in [1.82, 2.24) is 20.9 Å². The fourth-order valence-corrected chi connectivity index (χ4v) is 5.72. The molecule has 0 aromatic heterocycles. The van der Waals surface area contributed by atoms with Crippen molar-refractivity contribution in [3.63, 3.8) is 0 Å². The van der Waals surface area contributed by atoms with E-state index in [-0.39, 0.29) is 18.0 Å². The van der Waals surface area contributed by atoms with Crippen LogP contribution in [0.2, 0.25) is 0 Å². The van der Waals surface area contributed by atoms with Gasteiger partial charge in [-0.2, -0.15) is 0 Å². The molecule has 1 aliphatic carbocycles. The summed E-state index contributed by atoms with van der Waals surface area (Å²) in [6.07, 6.45) is 12.3. The Labute approximate surface area is 201 Å². The molecule has 0 radical (unpaired) electrons. The molecule has 34 heavy (non-hydrogen) atoms. The molecule has 5 rings (SSSR count). The molecule has 8 heteroatoms. The molecule has 3 N–H and O–H groups in total. The van der Waals surface area contributed by atoms with Gasteiger partial charge >= 0.3 is 0 Å². The lowest BCUT2D eigenvalue weighted by Crippen LogP contribution is -2.56. The molecule has 2 saturated heterocycles. The van der Waals surface area contributed by atoms with E-state index in [1.807, 2.05) is 23.1 Å². The van der Waals surface area contributed by atoms with Gasteiger partial charge in [-0.15, -0.1) is 0 Å². The number of hydrogen-bond donors (Lipinski definition) is 3. The number of nitrogens with one attached hydrogen (secondary N) is 3. The van der Waals surface area contributed by atoms with E-state index in [1.165, 1.54) is 32.1 Å². The molecule has 0 bridgehead atoms. The molecule has 2 amide bonds. The van der Waals surface area contributed by atoms with Crippen LogP contribution in [0.15, 0.2) is 23.2 Å². The molecule has 4 aliphatic rings. The highest BCUT2D eigenvalue weighted by atomic mass is 16.5. The van der Waals surface area contributed by atoms with E-state index < -0.39 is 0 Å². The van der Waals surface area contributed by atoms with Gasteiger partial charge < -0.3 is 15.0 Å². The standard InChI is InChI=1S/C26H37N5O3/c32-24(29-23-13-11-18-7-4-5-8-21(18)27-23)9-3-1-2-6-14-34-20-12-10-19-16-31-17-25(33)30-26(31)28-22(19)15-20/h10,12,15,18,21,23,27H,1-9,11,13-14,16-17H2,(H,29,32)(H,28,30,33). The van der Waals surface area contributed by atoms with Gasteiger partial charge in [-0.3, -0.25) is 20.2 Å². The third-order valence-corrected chi connectivity index (χ3v) is 7.58. The predicted molar refractivity (Wildman–Crippen MR) is 131 cm³/mol.